The van der Waals surface area contributed by atoms with Gasteiger partial charge in [0, 0.05) is 6.04 Å². The number of benzene rings is 1. The molecule has 0 amide bonds. The van der Waals surface area contributed by atoms with Crippen LogP contribution >= 0.6 is 0 Å². The van der Waals surface area contributed by atoms with Gasteiger partial charge in [-0.2, -0.15) is 0 Å². The van der Waals surface area contributed by atoms with Crippen LogP contribution in [0.1, 0.15) is 38.2 Å². The Hall–Kier alpha value is -1.22. The normalized spacial score (nSPS) is 16.8. The summed E-state index contributed by atoms with van der Waals surface area (Å²) in [5, 5.41) is 0. The van der Waals surface area contributed by atoms with Gasteiger partial charge in [-0.25, -0.2) is 0 Å². The summed E-state index contributed by atoms with van der Waals surface area (Å²) >= 11 is 0. The van der Waals surface area contributed by atoms with Crippen molar-refractivity contribution in [2.45, 2.75) is 45.1 Å². The Morgan fingerprint density at radius 3 is 2.68 bits per heavy atom. The van der Waals surface area contributed by atoms with Gasteiger partial charge in [0.25, 0.3) is 0 Å². The van der Waals surface area contributed by atoms with Gasteiger partial charge >= 0.3 is 0 Å². The SMILES string of the molecule is CCC(N)Cc1ccc(OCC2CCC2)c(OC)c1. The fourth-order valence-electron chi connectivity index (χ4n) is 2.27. The van der Waals surface area contributed by atoms with Gasteiger partial charge in [0.1, 0.15) is 0 Å². The van der Waals surface area contributed by atoms with E-state index in [1.54, 1.807) is 7.11 Å². The first-order valence-electron chi connectivity index (χ1n) is 7.28. The fraction of sp³-hybridized carbons (Fsp3) is 0.625. The summed E-state index contributed by atoms with van der Waals surface area (Å²) in [5.41, 5.74) is 7.20. The molecule has 19 heavy (non-hydrogen) atoms. The summed E-state index contributed by atoms with van der Waals surface area (Å²) in [4.78, 5) is 0. The van der Waals surface area contributed by atoms with E-state index in [1.807, 2.05) is 12.1 Å². The molecular weight excluding hydrogens is 238 g/mol. The number of ether oxygens (including phenoxy) is 2. The summed E-state index contributed by atoms with van der Waals surface area (Å²) in [6, 6.07) is 6.36. The zero-order valence-corrected chi connectivity index (χ0v) is 12.0. The van der Waals surface area contributed by atoms with Gasteiger partial charge in [-0.05, 0) is 49.3 Å². The monoisotopic (exact) mass is 263 g/mol. The molecule has 2 rings (SSSR count). The maximum Gasteiger partial charge on any atom is 0.161 e. The maximum atomic E-state index is 5.99. The van der Waals surface area contributed by atoms with Crippen molar-refractivity contribution in [3.8, 4) is 11.5 Å². The molecule has 0 spiro atoms. The van der Waals surface area contributed by atoms with Crippen LogP contribution in [0.2, 0.25) is 0 Å². The first-order chi connectivity index (χ1) is 9.22. The van der Waals surface area contributed by atoms with Gasteiger partial charge in [0.15, 0.2) is 11.5 Å². The van der Waals surface area contributed by atoms with E-state index < -0.39 is 0 Å². The Kier molecular flexibility index (Phi) is 5.08. The standard InChI is InChI=1S/C16H25NO2/c1-3-14(17)9-13-7-8-15(16(10-13)18-2)19-11-12-5-4-6-12/h7-8,10,12,14H,3-6,9,11,17H2,1-2H3. The Morgan fingerprint density at radius 2 is 2.11 bits per heavy atom. The molecule has 1 fully saturated rings. The van der Waals surface area contributed by atoms with Crippen molar-refractivity contribution in [2.75, 3.05) is 13.7 Å². The third kappa shape index (κ3) is 3.87. The van der Waals surface area contributed by atoms with Crippen LogP contribution in [0.3, 0.4) is 0 Å². The minimum absolute atomic E-state index is 0.214. The van der Waals surface area contributed by atoms with Crippen molar-refractivity contribution >= 4 is 0 Å². The summed E-state index contributed by atoms with van der Waals surface area (Å²) in [7, 11) is 1.69. The van der Waals surface area contributed by atoms with Crippen molar-refractivity contribution in [3.63, 3.8) is 0 Å². The molecule has 3 nitrogen and oxygen atoms in total. The highest BCUT2D eigenvalue weighted by atomic mass is 16.5. The molecule has 0 saturated heterocycles. The van der Waals surface area contributed by atoms with Crippen LogP contribution in [-0.2, 0) is 6.42 Å². The molecule has 1 saturated carbocycles. The van der Waals surface area contributed by atoms with Crippen LogP contribution in [0, 0.1) is 5.92 Å². The quantitative estimate of drug-likeness (QED) is 0.822. The van der Waals surface area contributed by atoms with Gasteiger partial charge in [0.05, 0.1) is 13.7 Å². The van der Waals surface area contributed by atoms with E-state index in [-0.39, 0.29) is 6.04 Å². The highest BCUT2D eigenvalue weighted by Crippen LogP contribution is 2.32. The van der Waals surface area contributed by atoms with Crippen LogP contribution < -0.4 is 15.2 Å². The zero-order chi connectivity index (χ0) is 13.7. The molecule has 106 valence electrons. The predicted octanol–water partition coefficient (Wildman–Crippen LogP) is 3.15. The summed E-state index contributed by atoms with van der Waals surface area (Å²) in [5.74, 6) is 2.40. The molecule has 1 aromatic rings. The number of nitrogens with two attached hydrogens (primary N) is 1. The van der Waals surface area contributed by atoms with Gasteiger partial charge in [-0.15, -0.1) is 0 Å². The first kappa shape index (κ1) is 14.2. The number of hydrogen-bond donors (Lipinski definition) is 1. The van der Waals surface area contributed by atoms with E-state index in [4.69, 9.17) is 15.2 Å². The van der Waals surface area contributed by atoms with Crippen molar-refractivity contribution in [2.24, 2.45) is 11.7 Å². The summed E-state index contributed by atoms with van der Waals surface area (Å²) in [6.45, 7) is 2.92. The highest BCUT2D eigenvalue weighted by molar-refractivity contribution is 5.43. The van der Waals surface area contributed by atoms with Crippen LogP contribution in [0.5, 0.6) is 11.5 Å². The molecule has 1 aliphatic rings. The molecule has 0 aromatic heterocycles. The molecule has 0 heterocycles. The third-order valence-corrected chi connectivity index (χ3v) is 3.95. The second-order valence-electron chi connectivity index (χ2n) is 5.47. The number of methoxy groups -OCH3 is 1. The van der Waals surface area contributed by atoms with Gasteiger partial charge in [0.2, 0.25) is 0 Å². The van der Waals surface area contributed by atoms with E-state index in [1.165, 1.54) is 24.8 Å². The van der Waals surface area contributed by atoms with Gasteiger partial charge in [-0.3, -0.25) is 0 Å². The van der Waals surface area contributed by atoms with Gasteiger partial charge < -0.3 is 15.2 Å². The van der Waals surface area contributed by atoms with Crippen LogP contribution in [0.25, 0.3) is 0 Å². The lowest BCUT2D eigenvalue weighted by atomic mass is 9.86. The summed E-state index contributed by atoms with van der Waals surface area (Å²) < 4.78 is 11.3. The molecule has 0 bridgehead atoms. The second kappa shape index (κ2) is 6.80. The average Bonchev–Trinajstić information content (AvgIpc) is 2.38. The van der Waals surface area contributed by atoms with Crippen molar-refractivity contribution < 1.29 is 9.47 Å². The molecule has 0 radical (unpaired) electrons. The predicted molar refractivity (Wildman–Crippen MR) is 77.8 cm³/mol. The largest absolute Gasteiger partial charge is 0.493 e. The number of hydrogen-bond acceptors (Lipinski definition) is 3. The first-order valence-corrected chi connectivity index (χ1v) is 7.28. The van der Waals surface area contributed by atoms with Crippen molar-refractivity contribution in [1.29, 1.82) is 0 Å². The Bertz CT molecular complexity index is 402. The smallest absolute Gasteiger partial charge is 0.161 e. The topological polar surface area (TPSA) is 44.5 Å². The zero-order valence-electron chi connectivity index (χ0n) is 12.0. The molecular formula is C16H25NO2. The van der Waals surface area contributed by atoms with E-state index in [0.717, 1.165) is 36.9 Å². The Labute approximate surface area is 116 Å². The van der Waals surface area contributed by atoms with Crippen LogP contribution in [0.15, 0.2) is 18.2 Å². The lowest BCUT2D eigenvalue weighted by Crippen LogP contribution is -2.21. The third-order valence-electron chi connectivity index (χ3n) is 3.95. The molecule has 1 unspecified atom stereocenters. The molecule has 1 aliphatic carbocycles. The summed E-state index contributed by atoms with van der Waals surface area (Å²) in [6.07, 6.45) is 5.81. The van der Waals surface area contributed by atoms with Crippen molar-refractivity contribution in [1.82, 2.24) is 0 Å². The molecule has 2 N–H and O–H groups in total. The minimum atomic E-state index is 0.214. The molecule has 0 aliphatic heterocycles. The molecule has 3 heteroatoms. The van der Waals surface area contributed by atoms with Crippen LogP contribution in [0.4, 0.5) is 0 Å². The Morgan fingerprint density at radius 1 is 1.32 bits per heavy atom. The van der Waals surface area contributed by atoms with E-state index >= 15 is 0 Å². The second-order valence-corrected chi connectivity index (χ2v) is 5.47. The average molecular weight is 263 g/mol. The van der Waals surface area contributed by atoms with E-state index in [9.17, 15) is 0 Å². The van der Waals surface area contributed by atoms with E-state index in [0.29, 0.717) is 0 Å². The van der Waals surface area contributed by atoms with E-state index in [2.05, 4.69) is 13.0 Å². The van der Waals surface area contributed by atoms with Crippen LogP contribution in [-0.4, -0.2) is 19.8 Å². The highest BCUT2D eigenvalue weighted by Gasteiger charge is 2.18. The molecule has 1 aromatic carbocycles. The number of rotatable bonds is 7. The fourth-order valence-corrected chi connectivity index (χ4v) is 2.27. The lowest BCUT2D eigenvalue weighted by Gasteiger charge is -2.25. The minimum Gasteiger partial charge on any atom is -0.493 e. The molecule has 1 atom stereocenters. The maximum absolute atomic E-state index is 5.99. The van der Waals surface area contributed by atoms with Crippen molar-refractivity contribution in [3.05, 3.63) is 23.8 Å². The Balaban J connectivity index is 1.98. The lowest BCUT2D eigenvalue weighted by molar-refractivity contribution is 0.176. The van der Waals surface area contributed by atoms with Gasteiger partial charge in [-0.1, -0.05) is 19.4 Å².